The fourth-order valence-electron chi connectivity index (χ4n) is 2.80. The molecule has 0 fully saturated rings. The second-order valence-electron chi connectivity index (χ2n) is 6.31. The molecule has 2 amide bonds. The van der Waals surface area contributed by atoms with Crippen LogP contribution in [0.25, 0.3) is 0 Å². The van der Waals surface area contributed by atoms with Crippen LogP contribution in [0.1, 0.15) is 22.3 Å². The van der Waals surface area contributed by atoms with Crippen molar-refractivity contribution in [2.75, 3.05) is 32.6 Å². The third kappa shape index (κ3) is 4.14. The van der Waals surface area contributed by atoms with Crippen LogP contribution in [0.5, 0.6) is 11.5 Å². The van der Waals surface area contributed by atoms with E-state index in [0.717, 1.165) is 24.2 Å². The van der Waals surface area contributed by atoms with Gasteiger partial charge in [-0.2, -0.15) is 0 Å². The van der Waals surface area contributed by atoms with Crippen LogP contribution >= 0.6 is 0 Å². The molecule has 1 heterocycles. The Labute approximate surface area is 152 Å². The molecule has 1 aliphatic heterocycles. The normalized spacial score (nSPS) is 12.5. The molecule has 0 aromatic heterocycles. The van der Waals surface area contributed by atoms with Gasteiger partial charge in [-0.05, 0) is 42.7 Å². The largest absolute Gasteiger partial charge is 0.489 e. The van der Waals surface area contributed by atoms with E-state index < -0.39 is 0 Å². The first-order valence-corrected chi connectivity index (χ1v) is 8.53. The summed E-state index contributed by atoms with van der Waals surface area (Å²) in [7, 11) is 3.37. The van der Waals surface area contributed by atoms with Crippen LogP contribution in [0.2, 0.25) is 0 Å². The SMILES string of the molecule is CN(C)C(=O)c1cccc(NC(=O)COc2cccc3c2OCCC3)c1. The highest BCUT2D eigenvalue weighted by molar-refractivity contribution is 5.97. The van der Waals surface area contributed by atoms with Gasteiger partial charge in [-0.15, -0.1) is 0 Å². The van der Waals surface area contributed by atoms with Crippen molar-refractivity contribution in [2.45, 2.75) is 12.8 Å². The zero-order valence-electron chi connectivity index (χ0n) is 15.0. The lowest BCUT2D eigenvalue weighted by Gasteiger charge is -2.20. The van der Waals surface area contributed by atoms with Crippen LogP contribution in [-0.2, 0) is 11.2 Å². The molecule has 0 unspecified atom stereocenters. The van der Waals surface area contributed by atoms with Crippen molar-refractivity contribution in [1.82, 2.24) is 4.90 Å². The fraction of sp³-hybridized carbons (Fsp3) is 0.300. The number of carbonyl (C=O) groups is 2. The molecule has 3 rings (SSSR count). The molecule has 1 aliphatic rings. The van der Waals surface area contributed by atoms with Crippen molar-refractivity contribution in [1.29, 1.82) is 0 Å². The number of aryl methyl sites for hydroxylation is 1. The summed E-state index contributed by atoms with van der Waals surface area (Å²) in [6.45, 7) is 0.526. The van der Waals surface area contributed by atoms with Crippen molar-refractivity contribution in [2.24, 2.45) is 0 Å². The zero-order valence-corrected chi connectivity index (χ0v) is 15.0. The third-order valence-corrected chi connectivity index (χ3v) is 4.06. The van der Waals surface area contributed by atoms with Crippen LogP contribution in [0, 0.1) is 0 Å². The van der Waals surface area contributed by atoms with Gasteiger partial charge in [0.05, 0.1) is 6.61 Å². The Morgan fingerprint density at radius 3 is 2.81 bits per heavy atom. The molecule has 0 aliphatic carbocycles. The molecular weight excluding hydrogens is 332 g/mol. The van der Waals surface area contributed by atoms with E-state index in [1.54, 1.807) is 44.4 Å². The number of carbonyl (C=O) groups excluding carboxylic acids is 2. The molecule has 0 radical (unpaired) electrons. The molecule has 6 heteroatoms. The predicted octanol–water partition coefficient (Wildman–Crippen LogP) is 2.73. The first-order valence-electron chi connectivity index (χ1n) is 8.53. The van der Waals surface area contributed by atoms with Crippen molar-refractivity contribution < 1.29 is 19.1 Å². The Morgan fingerprint density at radius 1 is 1.19 bits per heavy atom. The number of anilines is 1. The van der Waals surface area contributed by atoms with Crippen molar-refractivity contribution in [3.8, 4) is 11.5 Å². The van der Waals surface area contributed by atoms with Crippen LogP contribution in [0.4, 0.5) is 5.69 Å². The van der Waals surface area contributed by atoms with Gasteiger partial charge in [0, 0.05) is 25.3 Å². The summed E-state index contributed by atoms with van der Waals surface area (Å²) in [6, 6.07) is 12.5. The highest BCUT2D eigenvalue weighted by Gasteiger charge is 2.16. The van der Waals surface area contributed by atoms with E-state index in [0.29, 0.717) is 23.6 Å². The summed E-state index contributed by atoms with van der Waals surface area (Å²) in [5.41, 5.74) is 2.17. The van der Waals surface area contributed by atoms with E-state index in [4.69, 9.17) is 9.47 Å². The van der Waals surface area contributed by atoms with E-state index in [1.165, 1.54) is 4.90 Å². The highest BCUT2D eigenvalue weighted by atomic mass is 16.5. The van der Waals surface area contributed by atoms with E-state index in [9.17, 15) is 9.59 Å². The monoisotopic (exact) mass is 354 g/mol. The van der Waals surface area contributed by atoms with Gasteiger partial charge in [-0.1, -0.05) is 18.2 Å². The number of rotatable bonds is 5. The van der Waals surface area contributed by atoms with Gasteiger partial charge in [-0.25, -0.2) is 0 Å². The van der Waals surface area contributed by atoms with Crippen molar-refractivity contribution in [3.05, 3.63) is 53.6 Å². The highest BCUT2D eigenvalue weighted by Crippen LogP contribution is 2.34. The summed E-state index contributed by atoms with van der Waals surface area (Å²) in [5, 5.41) is 2.75. The summed E-state index contributed by atoms with van der Waals surface area (Å²) >= 11 is 0. The van der Waals surface area contributed by atoms with Gasteiger partial charge >= 0.3 is 0 Å². The van der Waals surface area contributed by atoms with Crippen molar-refractivity contribution in [3.63, 3.8) is 0 Å². The third-order valence-electron chi connectivity index (χ3n) is 4.06. The fourth-order valence-corrected chi connectivity index (χ4v) is 2.80. The minimum atomic E-state index is -0.298. The number of fused-ring (bicyclic) bond motifs is 1. The molecule has 136 valence electrons. The maximum absolute atomic E-state index is 12.2. The lowest BCUT2D eigenvalue weighted by molar-refractivity contribution is -0.118. The molecule has 0 bridgehead atoms. The molecule has 2 aromatic carbocycles. The number of para-hydroxylation sites is 1. The smallest absolute Gasteiger partial charge is 0.262 e. The Morgan fingerprint density at radius 2 is 2.00 bits per heavy atom. The Balaban J connectivity index is 1.62. The Kier molecular flexibility index (Phi) is 5.41. The van der Waals surface area contributed by atoms with E-state index in [1.807, 2.05) is 12.1 Å². The first-order chi connectivity index (χ1) is 12.5. The maximum atomic E-state index is 12.2. The minimum Gasteiger partial charge on any atom is -0.489 e. The van der Waals surface area contributed by atoms with Crippen LogP contribution in [0.3, 0.4) is 0 Å². The van der Waals surface area contributed by atoms with Crippen LogP contribution < -0.4 is 14.8 Å². The average Bonchev–Trinajstić information content (AvgIpc) is 2.65. The number of nitrogens with one attached hydrogen (secondary N) is 1. The molecule has 1 N–H and O–H groups in total. The van der Waals surface area contributed by atoms with Crippen LogP contribution in [-0.4, -0.2) is 44.0 Å². The van der Waals surface area contributed by atoms with Gasteiger partial charge in [-0.3, -0.25) is 9.59 Å². The average molecular weight is 354 g/mol. The van der Waals surface area contributed by atoms with Gasteiger partial charge in [0.15, 0.2) is 18.1 Å². The van der Waals surface area contributed by atoms with E-state index >= 15 is 0 Å². The summed E-state index contributed by atoms with van der Waals surface area (Å²) in [4.78, 5) is 25.7. The lowest BCUT2D eigenvalue weighted by atomic mass is 10.1. The second-order valence-corrected chi connectivity index (χ2v) is 6.31. The molecule has 6 nitrogen and oxygen atoms in total. The zero-order chi connectivity index (χ0) is 18.5. The quantitative estimate of drug-likeness (QED) is 0.896. The predicted molar refractivity (Wildman–Crippen MR) is 98.8 cm³/mol. The molecular formula is C20H22N2O4. The molecule has 0 saturated carbocycles. The van der Waals surface area contributed by atoms with E-state index in [-0.39, 0.29) is 18.4 Å². The molecule has 26 heavy (non-hydrogen) atoms. The van der Waals surface area contributed by atoms with Crippen LogP contribution in [0.15, 0.2) is 42.5 Å². The second kappa shape index (κ2) is 7.91. The number of benzene rings is 2. The lowest BCUT2D eigenvalue weighted by Crippen LogP contribution is -2.23. The van der Waals surface area contributed by atoms with Gasteiger partial charge in [0.2, 0.25) is 0 Å². The molecule has 0 saturated heterocycles. The Hall–Kier alpha value is -3.02. The summed E-state index contributed by atoms with van der Waals surface area (Å²) in [6.07, 6.45) is 1.93. The number of ether oxygens (including phenoxy) is 2. The maximum Gasteiger partial charge on any atom is 0.262 e. The number of hydrogen-bond donors (Lipinski definition) is 1. The molecule has 0 spiro atoms. The topological polar surface area (TPSA) is 67.9 Å². The molecule has 0 atom stereocenters. The van der Waals surface area contributed by atoms with Gasteiger partial charge in [0.1, 0.15) is 0 Å². The number of hydrogen-bond acceptors (Lipinski definition) is 4. The number of nitrogens with zero attached hydrogens (tertiary/aromatic N) is 1. The standard InChI is InChI=1S/C20H22N2O4/c1-22(2)20(24)15-7-3-9-16(12-15)21-18(23)13-26-17-10-4-6-14-8-5-11-25-19(14)17/h3-4,6-7,9-10,12H,5,8,11,13H2,1-2H3,(H,21,23). The minimum absolute atomic E-state index is 0.120. The number of amides is 2. The Bertz CT molecular complexity index is 817. The first kappa shape index (κ1) is 17.8. The summed E-state index contributed by atoms with van der Waals surface area (Å²) in [5.74, 6) is 0.886. The molecule has 2 aromatic rings. The van der Waals surface area contributed by atoms with Crippen molar-refractivity contribution >= 4 is 17.5 Å². The van der Waals surface area contributed by atoms with Gasteiger partial charge < -0.3 is 19.7 Å². The summed E-state index contributed by atoms with van der Waals surface area (Å²) < 4.78 is 11.3. The van der Waals surface area contributed by atoms with Gasteiger partial charge in [0.25, 0.3) is 11.8 Å². The van der Waals surface area contributed by atoms with E-state index in [2.05, 4.69) is 5.32 Å².